The van der Waals surface area contributed by atoms with E-state index in [0.717, 1.165) is 50.5 Å². The van der Waals surface area contributed by atoms with E-state index >= 15 is 0 Å². The molecule has 0 spiro atoms. The second-order valence-corrected chi connectivity index (χ2v) is 5.59. The molecule has 20 heavy (non-hydrogen) atoms. The van der Waals surface area contributed by atoms with Crippen LogP contribution in [-0.4, -0.2) is 42.3 Å². The Balaban J connectivity index is 2.29. The Kier molecular flexibility index (Phi) is 4.81. The highest BCUT2D eigenvalue weighted by molar-refractivity contribution is 5.59. The number of nitrogens with one attached hydrogen (secondary N) is 1. The molecule has 1 N–H and O–H groups in total. The average molecular weight is 278 g/mol. The molecule has 0 amide bonds. The first-order chi connectivity index (χ1) is 9.63. The summed E-state index contributed by atoms with van der Waals surface area (Å²) in [7, 11) is 1.80. The molecular formula is C15H26N4O. The molecule has 1 fully saturated rings. The molecular weight excluding hydrogens is 252 g/mol. The summed E-state index contributed by atoms with van der Waals surface area (Å²) in [4.78, 5) is 11.2. The molecule has 5 heteroatoms. The van der Waals surface area contributed by atoms with Gasteiger partial charge in [0.15, 0.2) is 0 Å². The molecule has 0 bridgehead atoms. The monoisotopic (exact) mass is 278 g/mol. The summed E-state index contributed by atoms with van der Waals surface area (Å²) < 4.78 is 5.68. The van der Waals surface area contributed by atoms with Crippen molar-refractivity contribution in [3.63, 3.8) is 0 Å². The Morgan fingerprint density at radius 1 is 1.40 bits per heavy atom. The Morgan fingerprint density at radius 2 is 2.20 bits per heavy atom. The largest absolute Gasteiger partial charge is 0.377 e. The van der Waals surface area contributed by atoms with Crippen LogP contribution in [0.1, 0.15) is 39.2 Å². The third-order valence-corrected chi connectivity index (χ3v) is 4.07. The lowest BCUT2D eigenvalue weighted by Gasteiger charge is -2.40. The molecule has 1 aromatic heterocycles. The Morgan fingerprint density at radius 3 is 2.85 bits per heavy atom. The fourth-order valence-electron chi connectivity index (χ4n) is 2.87. The molecule has 1 atom stereocenters. The van der Waals surface area contributed by atoms with Crippen LogP contribution < -0.4 is 10.2 Å². The second-order valence-electron chi connectivity index (χ2n) is 5.59. The van der Waals surface area contributed by atoms with Crippen molar-refractivity contribution in [3.05, 3.63) is 11.9 Å². The SMILES string of the molecule is CCNc1ncnc(N2CCCC(C)(OC)C2)c1CC. The quantitative estimate of drug-likeness (QED) is 0.896. The summed E-state index contributed by atoms with van der Waals surface area (Å²) in [5.74, 6) is 2.02. The number of piperidine rings is 1. The van der Waals surface area contributed by atoms with Crippen molar-refractivity contribution in [2.45, 2.75) is 45.6 Å². The summed E-state index contributed by atoms with van der Waals surface area (Å²) in [6, 6.07) is 0. The smallest absolute Gasteiger partial charge is 0.137 e. The molecule has 0 saturated carbocycles. The van der Waals surface area contributed by atoms with Gasteiger partial charge < -0.3 is 15.0 Å². The zero-order valence-electron chi connectivity index (χ0n) is 13.1. The predicted octanol–water partition coefficient (Wildman–Crippen LogP) is 2.48. The van der Waals surface area contributed by atoms with Gasteiger partial charge in [-0.2, -0.15) is 0 Å². The molecule has 1 aromatic rings. The van der Waals surface area contributed by atoms with Crippen LogP contribution in [0, 0.1) is 0 Å². The van der Waals surface area contributed by atoms with E-state index in [1.54, 1.807) is 13.4 Å². The van der Waals surface area contributed by atoms with Crippen LogP contribution in [0.15, 0.2) is 6.33 Å². The van der Waals surface area contributed by atoms with Crippen LogP contribution in [0.25, 0.3) is 0 Å². The van der Waals surface area contributed by atoms with E-state index in [1.807, 2.05) is 0 Å². The van der Waals surface area contributed by atoms with Gasteiger partial charge in [-0.1, -0.05) is 6.92 Å². The van der Waals surface area contributed by atoms with E-state index in [1.165, 1.54) is 5.56 Å². The number of rotatable bonds is 5. The van der Waals surface area contributed by atoms with Gasteiger partial charge in [-0.05, 0) is 33.1 Å². The van der Waals surface area contributed by atoms with E-state index in [9.17, 15) is 0 Å². The standard InChI is InChI=1S/C15H26N4O/c1-5-12-13(16-6-2)17-11-18-14(12)19-9-7-8-15(3,10-19)20-4/h11H,5-10H2,1-4H3,(H,16,17,18). The maximum Gasteiger partial charge on any atom is 0.137 e. The minimum Gasteiger partial charge on any atom is -0.377 e. The Labute approximate surface area is 121 Å². The van der Waals surface area contributed by atoms with Gasteiger partial charge in [-0.15, -0.1) is 0 Å². The van der Waals surface area contributed by atoms with Crippen LogP contribution in [0.3, 0.4) is 0 Å². The number of hydrogen-bond acceptors (Lipinski definition) is 5. The zero-order chi connectivity index (χ0) is 14.6. The fraction of sp³-hybridized carbons (Fsp3) is 0.733. The molecule has 0 radical (unpaired) electrons. The molecule has 1 saturated heterocycles. The minimum absolute atomic E-state index is 0.0768. The van der Waals surface area contributed by atoms with Gasteiger partial charge in [-0.3, -0.25) is 0 Å². The van der Waals surface area contributed by atoms with Crippen LogP contribution in [-0.2, 0) is 11.2 Å². The fourth-order valence-corrected chi connectivity index (χ4v) is 2.87. The molecule has 1 aliphatic rings. The first-order valence-electron chi connectivity index (χ1n) is 7.51. The van der Waals surface area contributed by atoms with E-state index in [4.69, 9.17) is 4.74 Å². The highest BCUT2D eigenvalue weighted by Crippen LogP contribution is 2.30. The van der Waals surface area contributed by atoms with Crippen LogP contribution in [0.5, 0.6) is 0 Å². The molecule has 0 aliphatic carbocycles. The molecule has 2 heterocycles. The molecule has 1 aliphatic heterocycles. The molecule has 5 nitrogen and oxygen atoms in total. The number of ether oxygens (including phenoxy) is 1. The number of nitrogens with zero attached hydrogens (tertiary/aromatic N) is 3. The molecule has 0 aromatic carbocycles. The highest BCUT2D eigenvalue weighted by atomic mass is 16.5. The van der Waals surface area contributed by atoms with Crippen molar-refractivity contribution in [2.24, 2.45) is 0 Å². The van der Waals surface area contributed by atoms with Gasteiger partial charge in [0.25, 0.3) is 0 Å². The van der Waals surface area contributed by atoms with Crippen molar-refractivity contribution < 1.29 is 4.74 Å². The normalized spacial score (nSPS) is 22.9. The topological polar surface area (TPSA) is 50.3 Å². The average Bonchev–Trinajstić information content (AvgIpc) is 2.47. The van der Waals surface area contributed by atoms with Crippen molar-refractivity contribution in [2.75, 3.05) is 37.0 Å². The van der Waals surface area contributed by atoms with Gasteiger partial charge in [0, 0.05) is 32.3 Å². The summed E-state index contributed by atoms with van der Waals surface area (Å²) in [5.41, 5.74) is 1.13. The third-order valence-electron chi connectivity index (χ3n) is 4.07. The van der Waals surface area contributed by atoms with Crippen LogP contribution in [0.4, 0.5) is 11.6 Å². The molecule has 1 unspecified atom stereocenters. The van der Waals surface area contributed by atoms with E-state index < -0.39 is 0 Å². The maximum atomic E-state index is 5.68. The minimum atomic E-state index is -0.0768. The lowest BCUT2D eigenvalue weighted by Crippen LogP contribution is -2.48. The maximum absolute atomic E-state index is 5.68. The Bertz CT molecular complexity index is 451. The number of hydrogen-bond donors (Lipinski definition) is 1. The zero-order valence-corrected chi connectivity index (χ0v) is 13.1. The summed E-state index contributed by atoms with van der Waals surface area (Å²) in [6.45, 7) is 9.22. The van der Waals surface area contributed by atoms with E-state index in [2.05, 4.69) is 41.0 Å². The van der Waals surface area contributed by atoms with Crippen LogP contribution >= 0.6 is 0 Å². The van der Waals surface area contributed by atoms with Crippen molar-refractivity contribution >= 4 is 11.6 Å². The van der Waals surface area contributed by atoms with E-state index in [-0.39, 0.29) is 5.60 Å². The lowest BCUT2D eigenvalue weighted by atomic mass is 9.94. The summed E-state index contributed by atoms with van der Waals surface area (Å²) >= 11 is 0. The van der Waals surface area contributed by atoms with Crippen molar-refractivity contribution in [1.29, 1.82) is 0 Å². The second kappa shape index (κ2) is 6.39. The predicted molar refractivity (Wildman–Crippen MR) is 82.4 cm³/mol. The lowest BCUT2D eigenvalue weighted by molar-refractivity contribution is -0.00484. The van der Waals surface area contributed by atoms with Crippen LogP contribution in [0.2, 0.25) is 0 Å². The molecule has 112 valence electrons. The van der Waals surface area contributed by atoms with Gasteiger partial charge in [0.05, 0.1) is 5.60 Å². The first-order valence-corrected chi connectivity index (χ1v) is 7.51. The number of aromatic nitrogens is 2. The first kappa shape index (κ1) is 15.0. The van der Waals surface area contributed by atoms with E-state index in [0.29, 0.717) is 0 Å². The van der Waals surface area contributed by atoms with Crippen molar-refractivity contribution in [1.82, 2.24) is 9.97 Å². The molecule has 2 rings (SSSR count). The van der Waals surface area contributed by atoms with Gasteiger partial charge in [0.1, 0.15) is 18.0 Å². The summed E-state index contributed by atoms with van der Waals surface area (Å²) in [6.07, 6.45) is 4.82. The van der Waals surface area contributed by atoms with Gasteiger partial charge in [0.2, 0.25) is 0 Å². The summed E-state index contributed by atoms with van der Waals surface area (Å²) in [5, 5.41) is 3.33. The number of anilines is 2. The number of methoxy groups -OCH3 is 1. The third kappa shape index (κ3) is 3.03. The van der Waals surface area contributed by atoms with Crippen molar-refractivity contribution in [3.8, 4) is 0 Å². The highest BCUT2D eigenvalue weighted by Gasteiger charge is 2.32. The van der Waals surface area contributed by atoms with Gasteiger partial charge in [-0.25, -0.2) is 9.97 Å². The van der Waals surface area contributed by atoms with Gasteiger partial charge >= 0.3 is 0 Å². The Hall–Kier alpha value is -1.36.